The molecule has 0 N–H and O–H groups in total. The monoisotopic (exact) mass is 381 g/mol. The molecule has 25 heavy (non-hydrogen) atoms. The van der Waals surface area contributed by atoms with Crippen molar-refractivity contribution < 1.29 is 16.8 Å². The summed E-state index contributed by atoms with van der Waals surface area (Å²) in [5.74, 6) is 0.420. The summed E-state index contributed by atoms with van der Waals surface area (Å²) < 4.78 is 49.5. The summed E-state index contributed by atoms with van der Waals surface area (Å²) in [6.45, 7) is 4.45. The molecule has 0 amide bonds. The number of hydrogen-bond donors (Lipinski definition) is 0. The van der Waals surface area contributed by atoms with E-state index < -0.39 is 19.9 Å². The first-order chi connectivity index (χ1) is 11.5. The second-order valence-electron chi connectivity index (χ2n) is 6.40. The number of nitrogens with zero attached hydrogens (tertiary/aromatic N) is 1. The molecule has 2 aromatic carbocycles. The van der Waals surface area contributed by atoms with Crippen LogP contribution in [-0.2, 0) is 26.4 Å². The van der Waals surface area contributed by atoms with Gasteiger partial charge in [0.05, 0.1) is 9.79 Å². The van der Waals surface area contributed by atoms with Gasteiger partial charge in [-0.2, -0.15) is 4.31 Å². The molecule has 7 heteroatoms. The molecular formula is C18H23NO4S2. The molecule has 0 spiro atoms. The first-order valence-electron chi connectivity index (χ1n) is 7.87. The first-order valence-corrected chi connectivity index (χ1v) is 11.2. The Labute approximate surface area is 150 Å². The summed E-state index contributed by atoms with van der Waals surface area (Å²) in [7, 11) is -5.53. The van der Waals surface area contributed by atoms with E-state index >= 15 is 0 Å². The SMILES string of the molecule is CC(C)c1ccc(CN(C)S(=O)(=O)c2ccc(S(C)(=O)=O)cc2)cc1. The largest absolute Gasteiger partial charge is 0.243 e. The molecule has 0 unspecified atom stereocenters. The molecule has 5 nitrogen and oxygen atoms in total. The summed E-state index contributed by atoms with van der Waals surface area (Å²) >= 11 is 0. The van der Waals surface area contributed by atoms with E-state index in [0.717, 1.165) is 11.8 Å². The minimum absolute atomic E-state index is 0.0706. The normalized spacial score (nSPS) is 12.7. The molecule has 0 atom stereocenters. The van der Waals surface area contributed by atoms with Gasteiger partial charge in [0.1, 0.15) is 0 Å². The van der Waals surface area contributed by atoms with Crippen LogP contribution in [0.1, 0.15) is 30.9 Å². The standard InChI is InChI=1S/C18H23NO4S2/c1-14(2)16-7-5-15(6-8-16)13-19(3)25(22,23)18-11-9-17(10-12-18)24(4,20)21/h5-12,14H,13H2,1-4H3. The van der Waals surface area contributed by atoms with Gasteiger partial charge in [-0.1, -0.05) is 38.1 Å². The highest BCUT2D eigenvalue weighted by atomic mass is 32.2. The molecule has 0 aliphatic carbocycles. The Balaban J connectivity index is 2.20. The van der Waals surface area contributed by atoms with Crippen LogP contribution in [0, 0.1) is 0 Å². The van der Waals surface area contributed by atoms with E-state index in [4.69, 9.17) is 0 Å². The van der Waals surface area contributed by atoms with E-state index in [1.807, 2.05) is 24.3 Å². The summed E-state index contributed by atoms with van der Waals surface area (Å²) in [5, 5.41) is 0. The van der Waals surface area contributed by atoms with Crippen LogP contribution in [-0.4, -0.2) is 34.4 Å². The molecule has 0 bridgehead atoms. The van der Waals surface area contributed by atoms with E-state index in [9.17, 15) is 16.8 Å². The first kappa shape index (κ1) is 19.6. The van der Waals surface area contributed by atoms with E-state index in [-0.39, 0.29) is 16.3 Å². The molecule has 0 radical (unpaired) electrons. The second kappa shape index (κ2) is 7.27. The lowest BCUT2D eigenvalue weighted by molar-refractivity contribution is 0.466. The molecule has 0 saturated heterocycles. The highest BCUT2D eigenvalue weighted by Gasteiger charge is 2.21. The van der Waals surface area contributed by atoms with Crippen LogP contribution in [0.5, 0.6) is 0 Å². The average molecular weight is 382 g/mol. The van der Waals surface area contributed by atoms with Crippen LogP contribution in [0.15, 0.2) is 58.3 Å². The number of benzene rings is 2. The highest BCUT2D eigenvalue weighted by molar-refractivity contribution is 7.90. The van der Waals surface area contributed by atoms with Gasteiger partial charge in [-0.3, -0.25) is 0 Å². The zero-order chi connectivity index (χ0) is 18.8. The van der Waals surface area contributed by atoms with E-state index in [0.29, 0.717) is 5.92 Å². The maximum Gasteiger partial charge on any atom is 0.243 e. The third kappa shape index (κ3) is 4.68. The maximum atomic E-state index is 12.6. The van der Waals surface area contributed by atoms with Crippen LogP contribution in [0.25, 0.3) is 0 Å². The van der Waals surface area contributed by atoms with Crippen molar-refractivity contribution in [2.75, 3.05) is 13.3 Å². The van der Waals surface area contributed by atoms with Gasteiger partial charge in [0.2, 0.25) is 10.0 Å². The number of hydrogen-bond acceptors (Lipinski definition) is 4. The van der Waals surface area contributed by atoms with Crippen molar-refractivity contribution in [2.45, 2.75) is 36.1 Å². The fraction of sp³-hybridized carbons (Fsp3) is 0.333. The Morgan fingerprint density at radius 1 is 0.840 bits per heavy atom. The zero-order valence-electron chi connectivity index (χ0n) is 14.8. The molecule has 0 fully saturated rings. The minimum atomic E-state index is -3.69. The predicted octanol–water partition coefficient (Wildman–Crippen LogP) is 3.03. The molecule has 2 rings (SSSR count). The van der Waals surface area contributed by atoms with Gasteiger partial charge in [0, 0.05) is 19.8 Å². The Hall–Kier alpha value is -1.70. The Morgan fingerprint density at radius 2 is 1.32 bits per heavy atom. The molecule has 0 aliphatic rings. The average Bonchev–Trinajstić information content (AvgIpc) is 2.54. The van der Waals surface area contributed by atoms with Crippen molar-refractivity contribution in [3.05, 3.63) is 59.7 Å². The van der Waals surface area contributed by atoms with Gasteiger partial charge in [-0.15, -0.1) is 0 Å². The maximum absolute atomic E-state index is 12.6. The van der Waals surface area contributed by atoms with Gasteiger partial charge in [-0.05, 0) is 41.3 Å². The molecule has 136 valence electrons. The van der Waals surface area contributed by atoms with Crippen LogP contribution in [0.2, 0.25) is 0 Å². The summed E-state index contributed by atoms with van der Waals surface area (Å²) in [6.07, 6.45) is 1.09. The van der Waals surface area contributed by atoms with Crippen LogP contribution in [0.4, 0.5) is 0 Å². The summed E-state index contributed by atoms with van der Waals surface area (Å²) in [6, 6.07) is 13.1. The fourth-order valence-corrected chi connectivity index (χ4v) is 4.18. The van der Waals surface area contributed by atoms with E-state index in [1.165, 1.54) is 41.2 Å². The minimum Gasteiger partial charge on any atom is -0.224 e. The Morgan fingerprint density at radius 3 is 1.76 bits per heavy atom. The smallest absolute Gasteiger partial charge is 0.224 e. The zero-order valence-corrected chi connectivity index (χ0v) is 16.4. The van der Waals surface area contributed by atoms with Crippen molar-refractivity contribution in [2.24, 2.45) is 0 Å². The second-order valence-corrected chi connectivity index (χ2v) is 10.5. The molecule has 2 aromatic rings. The van der Waals surface area contributed by atoms with Gasteiger partial charge < -0.3 is 0 Å². The third-order valence-electron chi connectivity index (χ3n) is 4.01. The lowest BCUT2D eigenvalue weighted by Crippen LogP contribution is -2.26. The van der Waals surface area contributed by atoms with Crippen LogP contribution < -0.4 is 0 Å². The molecule has 0 saturated carbocycles. The van der Waals surface area contributed by atoms with Crippen molar-refractivity contribution in [3.8, 4) is 0 Å². The molecular weight excluding hydrogens is 358 g/mol. The summed E-state index contributed by atoms with van der Waals surface area (Å²) in [5.41, 5.74) is 2.09. The topological polar surface area (TPSA) is 71.5 Å². The van der Waals surface area contributed by atoms with Crippen molar-refractivity contribution in [3.63, 3.8) is 0 Å². The molecule has 0 aliphatic heterocycles. The number of sulfone groups is 1. The predicted molar refractivity (Wildman–Crippen MR) is 98.7 cm³/mol. The van der Waals surface area contributed by atoms with Gasteiger partial charge >= 0.3 is 0 Å². The Kier molecular flexibility index (Phi) is 5.71. The quantitative estimate of drug-likeness (QED) is 0.771. The number of rotatable bonds is 6. The van der Waals surface area contributed by atoms with Gasteiger partial charge in [0.15, 0.2) is 9.84 Å². The van der Waals surface area contributed by atoms with Gasteiger partial charge in [-0.25, -0.2) is 16.8 Å². The van der Waals surface area contributed by atoms with Crippen molar-refractivity contribution in [1.29, 1.82) is 0 Å². The Bertz CT molecular complexity index is 930. The third-order valence-corrected chi connectivity index (χ3v) is 6.96. The lowest BCUT2D eigenvalue weighted by Gasteiger charge is -2.18. The van der Waals surface area contributed by atoms with E-state index in [2.05, 4.69) is 13.8 Å². The van der Waals surface area contributed by atoms with Crippen LogP contribution in [0.3, 0.4) is 0 Å². The van der Waals surface area contributed by atoms with E-state index in [1.54, 1.807) is 0 Å². The van der Waals surface area contributed by atoms with Crippen LogP contribution >= 0.6 is 0 Å². The summed E-state index contributed by atoms with van der Waals surface area (Å²) in [4.78, 5) is 0.166. The highest BCUT2D eigenvalue weighted by Crippen LogP contribution is 2.20. The van der Waals surface area contributed by atoms with Crippen molar-refractivity contribution >= 4 is 19.9 Å². The number of sulfonamides is 1. The fourth-order valence-electron chi connectivity index (χ4n) is 2.39. The molecule has 0 aromatic heterocycles. The van der Waals surface area contributed by atoms with Gasteiger partial charge in [0.25, 0.3) is 0 Å². The lowest BCUT2D eigenvalue weighted by atomic mass is 10.0. The van der Waals surface area contributed by atoms with Crippen molar-refractivity contribution in [1.82, 2.24) is 4.31 Å². The molecule has 0 heterocycles.